The van der Waals surface area contributed by atoms with Crippen molar-refractivity contribution in [2.45, 2.75) is 13.8 Å². The minimum Gasteiger partial charge on any atom is -0.197 e. The Morgan fingerprint density at radius 3 is 1.33 bits per heavy atom. The van der Waals surface area contributed by atoms with Crippen LogP contribution in [0.5, 0.6) is 0 Å². The van der Waals surface area contributed by atoms with E-state index in [0.29, 0.717) is 0 Å². The lowest BCUT2D eigenvalue weighted by molar-refractivity contribution is 1.50. The average molecular weight is 142 g/mol. The van der Waals surface area contributed by atoms with Gasteiger partial charge in [-0.15, -0.1) is 0 Å². The second kappa shape index (κ2) is 5.70. The number of hydrogen-bond donors (Lipinski definition) is 0. The van der Waals surface area contributed by atoms with Crippen molar-refractivity contribution < 1.29 is 0 Å². The maximum Gasteiger partial charge on any atom is -0.0404 e. The maximum absolute atomic E-state index is 3.70. The van der Waals surface area contributed by atoms with Crippen molar-refractivity contribution >= 4 is 13.5 Å². The molecule has 0 N–H and O–H groups in total. The molecule has 0 amide bonds. The molecule has 0 nitrogen and oxygen atoms in total. The molecule has 0 bridgehead atoms. The van der Waals surface area contributed by atoms with E-state index in [1.54, 1.807) is 0 Å². The van der Waals surface area contributed by atoms with Gasteiger partial charge in [-0.2, -0.15) is 13.5 Å². The quantitative estimate of drug-likeness (QED) is 0.520. The van der Waals surface area contributed by atoms with Gasteiger partial charge in [0.1, 0.15) is 0 Å². The summed E-state index contributed by atoms with van der Waals surface area (Å²) >= 11 is 0. The van der Waals surface area contributed by atoms with E-state index in [4.69, 9.17) is 0 Å². The minimum absolute atomic E-state index is 0. The van der Waals surface area contributed by atoms with Crippen molar-refractivity contribution in [3.63, 3.8) is 0 Å². The van der Waals surface area contributed by atoms with E-state index >= 15 is 0 Å². The van der Waals surface area contributed by atoms with Crippen LogP contribution in [0.2, 0.25) is 0 Å². The molecule has 0 aliphatic carbocycles. The number of allylic oxidation sites excluding steroid dienone is 4. The van der Waals surface area contributed by atoms with Crippen molar-refractivity contribution in [3.05, 3.63) is 36.5 Å². The maximum atomic E-state index is 3.70. The Morgan fingerprint density at radius 1 is 1.00 bits per heavy atom. The van der Waals surface area contributed by atoms with Crippen molar-refractivity contribution in [1.82, 2.24) is 0 Å². The van der Waals surface area contributed by atoms with Crippen LogP contribution in [0.15, 0.2) is 36.5 Å². The molecule has 0 atom stereocenters. The summed E-state index contributed by atoms with van der Waals surface area (Å²) in [5.41, 5.74) is 2.13. The standard InChI is InChI=1S/C8H12.H2S/c1-7(2)5-6-8(3)4;/h5-6H,1,3H2,2,4H3;1H2/b6-5-;. The Labute approximate surface area is 64.4 Å². The molecule has 0 aromatic carbocycles. The Balaban J connectivity index is 0. The van der Waals surface area contributed by atoms with Gasteiger partial charge in [0, 0.05) is 0 Å². The van der Waals surface area contributed by atoms with E-state index in [1.165, 1.54) is 0 Å². The molecule has 0 aromatic rings. The first-order valence-electron chi connectivity index (χ1n) is 2.62. The lowest BCUT2D eigenvalue weighted by Crippen LogP contribution is -1.62. The van der Waals surface area contributed by atoms with Crippen LogP contribution in [-0.2, 0) is 0 Å². The summed E-state index contributed by atoms with van der Waals surface area (Å²) in [4.78, 5) is 0. The van der Waals surface area contributed by atoms with Gasteiger partial charge in [-0.1, -0.05) is 36.5 Å². The van der Waals surface area contributed by atoms with Gasteiger partial charge in [0.15, 0.2) is 0 Å². The average Bonchev–Trinajstić information content (AvgIpc) is 1.61. The van der Waals surface area contributed by atoms with Crippen LogP contribution < -0.4 is 0 Å². The van der Waals surface area contributed by atoms with Gasteiger partial charge in [0.2, 0.25) is 0 Å². The lowest BCUT2D eigenvalue weighted by atomic mass is 10.2. The van der Waals surface area contributed by atoms with Crippen molar-refractivity contribution in [2.24, 2.45) is 0 Å². The van der Waals surface area contributed by atoms with Gasteiger partial charge in [-0.3, -0.25) is 0 Å². The Bertz CT molecular complexity index is 116. The van der Waals surface area contributed by atoms with Crippen molar-refractivity contribution in [3.8, 4) is 0 Å². The summed E-state index contributed by atoms with van der Waals surface area (Å²) in [7, 11) is 0. The number of rotatable bonds is 2. The van der Waals surface area contributed by atoms with Crippen molar-refractivity contribution in [1.29, 1.82) is 0 Å². The SMILES string of the molecule is C=C(C)/C=C\C(=C)C.S. The zero-order chi connectivity index (χ0) is 6.57. The van der Waals surface area contributed by atoms with Crippen LogP contribution in [0.3, 0.4) is 0 Å². The van der Waals surface area contributed by atoms with Crippen LogP contribution >= 0.6 is 13.5 Å². The molecule has 52 valence electrons. The largest absolute Gasteiger partial charge is 0.197 e. The Kier molecular flexibility index (Phi) is 7.21. The molecular weight excluding hydrogens is 128 g/mol. The highest BCUT2D eigenvalue weighted by Gasteiger charge is 1.72. The van der Waals surface area contributed by atoms with E-state index in [1.807, 2.05) is 26.0 Å². The van der Waals surface area contributed by atoms with Crippen LogP contribution in [0.4, 0.5) is 0 Å². The summed E-state index contributed by atoms with van der Waals surface area (Å²) in [6.07, 6.45) is 3.89. The van der Waals surface area contributed by atoms with E-state index in [0.717, 1.165) is 11.1 Å². The monoisotopic (exact) mass is 142 g/mol. The fraction of sp³-hybridized carbons (Fsp3) is 0.250. The van der Waals surface area contributed by atoms with Gasteiger partial charge >= 0.3 is 0 Å². The molecular formula is C8H14S. The van der Waals surface area contributed by atoms with E-state index in [-0.39, 0.29) is 13.5 Å². The van der Waals surface area contributed by atoms with Crippen LogP contribution in [-0.4, -0.2) is 0 Å². The molecule has 0 aliphatic heterocycles. The zero-order valence-corrected chi connectivity index (χ0v) is 7.07. The van der Waals surface area contributed by atoms with Crippen LogP contribution in [0.25, 0.3) is 0 Å². The molecule has 0 aliphatic rings. The van der Waals surface area contributed by atoms with Crippen LogP contribution in [0.1, 0.15) is 13.8 Å². The van der Waals surface area contributed by atoms with Gasteiger partial charge in [-0.05, 0) is 13.8 Å². The third-order valence-corrected chi connectivity index (χ3v) is 0.652. The summed E-state index contributed by atoms with van der Waals surface area (Å²) in [6.45, 7) is 11.3. The first-order chi connectivity index (χ1) is 3.63. The van der Waals surface area contributed by atoms with Gasteiger partial charge in [-0.25, -0.2) is 0 Å². The second-order valence-corrected chi connectivity index (χ2v) is 2.03. The third-order valence-electron chi connectivity index (χ3n) is 0.652. The molecule has 0 radical (unpaired) electrons. The molecule has 0 aromatic heterocycles. The van der Waals surface area contributed by atoms with E-state index in [9.17, 15) is 0 Å². The highest BCUT2D eigenvalue weighted by Crippen LogP contribution is 1.94. The molecule has 0 rings (SSSR count). The normalized spacial score (nSPS) is 8.67. The fourth-order valence-electron chi connectivity index (χ4n) is 0.285. The topological polar surface area (TPSA) is 0 Å². The molecule has 1 heteroatoms. The molecule has 0 spiro atoms. The molecule has 0 unspecified atom stereocenters. The molecule has 9 heavy (non-hydrogen) atoms. The van der Waals surface area contributed by atoms with Gasteiger partial charge in [0.25, 0.3) is 0 Å². The first kappa shape index (κ1) is 11.4. The lowest BCUT2D eigenvalue weighted by Gasteiger charge is -1.84. The molecule has 0 fully saturated rings. The van der Waals surface area contributed by atoms with E-state index < -0.39 is 0 Å². The summed E-state index contributed by atoms with van der Waals surface area (Å²) in [6, 6.07) is 0. The summed E-state index contributed by atoms with van der Waals surface area (Å²) in [5, 5.41) is 0. The van der Waals surface area contributed by atoms with Gasteiger partial charge < -0.3 is 0 Å². The summed E-state index contributed by atoms with van der Waals surface area (Å²) in [5.74, 6) is 0. The molecule has 0 saturated heterocycles. The molecule has 0 heterocycles. The number of hydrogen-bond acceptors (Lipinski definition) is 0. The summed E-state index contributed by atoms with van der Waals surface area (Å²) < 4.78 is 0. The smallest absolute Gasteiger partial charge is 0.0404 e. The second-order valence-electron chi connectivity index (χ2n) is 2.03. The Hall–Kier alpha value is -0.430. The first-order valence-corrected chi connectivity index (χ1v) is 2.62. The highest BCUT2D eigenvalue weighted by molar-refractivity contribution is 7.59. The van der Waals surface area contributed by atoms with Crippen molar-refractivity contribution in [2.75, 3.05) is 0 Å². The molecule has 0 saturated carbocycles. The van der Waals surface area contributed by atoms with E-state index in [2.05, 4.69) is 13.2 Å². The predicted molar refractivity (Wildman–Crippen MR) is 49.1 cm³/mol. The highest BCUT2D eigenvalue weighted by atomic mass is 32.1. The minimum atomic E-state index is 0. The Morgan fingerprint density at radius 2 is 1.22 bits per heavy atom. The zero-order valence-electron chi connectivity index (χ0n) is 6.07. The third kappa shape index (κ3) is 11.2. The van der Waals surface area contributed by atoms with Gasteiger partial charge in [0.05, 0.1) is 0 Å². The predicted octanol–water partition coefficient (Wildman–Crippen LogP) is 2.81. The van der Waals surface area contributed by atoms with Crippen LogP contribution in [0, 0.1) is 0 Å². The fourth-order valence-corrected chi connectivity index (χ4v) is 0.285.